The van der Waals surface area contributed by atoms with Gasteiger partial charge in [0.05, 0.1) is 0 Å². The zero-order valence-corrected chi connectivity index (χ0v) is 17.1. The van der Waals surface area contributed by atoms with Crippen molar-refractivity contribution in [2.45, 2.75) is 85.5 Å². The molecular weight excluding hydrogens is 300 g/mol. The summed E-state index contributed by atoms with van der Waals surface area (Å²) in [5, 5.41) is 0. The second-order valence-corrected chi connectivity index (χ2v) is 9.55. The molecule has 0 aromatic heterocycles. The maximum Gasteiger partial charge on any atom is -0.0180 e. The highest BCUT2D eigenvalue weighted by atomic mass is 14.5. The van der Waals surface area contributed by atoms with E-state index >= 15 is 0 Å². The van der Waals surface area contributed by atoms with Crippen LogP contribution in [0.4, 0.5) is 0 Å². The molecule has 0 N–H and O–H groups in total. The van der Waals surface area contributed by atoms with Crippen molar-refractivity contribution < 1.29 is 0 Å². The topological polar surface area (TPSA) is 0 Å². The molecular formula is C25H40. The molecule has 25 heavy (non-hydrogen) atoms. The van der Waals surface area contributed by atoms with E-state index in [4.69, 9.17) is 0 Å². The summed E-state index contributed by atoms with van der Waals surface area (Å²) >= 11 is 0. The second kappa shape index (κ2) is 8.28. The van der Waals surface area contributed by atoms with Crippen LogP contribution in [0.15, 0.2) is 30.3 Å². The van der Waals surface area contributed by atoms with Crippen molar-refractivity contribution in [3.63, 3.8) is 0 Å². The Morgan fingerprint density at radius 1 is 0.920 bits per heavy atom. The van der Waals surface area contributed by atoms with Crippen LogP contribution in [-0.4, -0.2) is 0 Å². The van der Waals surface area contributed by atoms with Crippen molar-refractivity contribution in [1.82, 2.24) is 0 Å². The van der Waals surface area contributed by atoms with Crippen LogP contribution in [-0.2, 0) is 6.42 Å². The van der Waals surface area contributed by atoms with Crippen LogP contribution in [0, 0.1) is 35.0 Å². The van der Waals surface area contributed by atoms with Crippen LogP contribution in [0.25, 0.3) is 0 Å². The summed E-state index contributed by atoms with van der Waals surface area (Å²) in [6, 6.07) is 11.4. The fraction of sp³-hybridized carbons (Fsp3) is 0.760. The maximum atomic E-state index is 2.55. The van der Waals surface area contributed by atoms with Gasteiger partial charge >= 0.3 is 0 Å². The molecule has 3 rings (SSSR count). The van der Waals surface area contributed by atoms with Gasteiger partial charge in [0.25, 0.3) is 0 Å². The van der Waals surface area contributed by atoms with Crippen LogP contribution in [0.5, 0.6) is 0 Å². The molecule has 1 aromatic carbocycles. The lowest BCUT2D eigenvalue weighted by atomic mass is 9.51. The van der Waals surface area contributed by atoms with Gasteiger partial charge < -0.3 is 0 Å². The number of hydrogen-bond acceptors (Lipinski definition) is 0. The number of fused-ring (bicyclic) bond motifs is 1. The Balaban J connectivity index is 1.89. The number of rotatable bonds is 6. The largest absolute Gasteiger partial charge is 0.0651 e. The van der Waals surface area contributed by atoms with E-state index < -0.39 is 0 Å². The van der Waals surface area contributed by atoms with Gasteiger partial charge in [0.1, 0.15) is 0 Å². The summed E-state index contributed by atoms with van der Waals surface area (Å²) in [5.41, 5.74) is 2.03. The smallest absolute Gasteiger partial charge is 0.0180 e. The third kappa shape index (κ3) is 3.83. The molecule has 0 radical (unpaired) electrons. The Hall–Kier alpha value is -0.780. The van der Waals surface area contributed by atoms with Crippen LogP contribution in [0.3, 0.4) is 0 Å². The molecule has 1 aromatic rings. The standard InChI is InChI=1S/C25H40/c1-5-20(4)25(19(2)3,18-21-11-7-6-8-12-21)24-16-15-22-13-9-10-14-23(22)17-24/h6-8,11-12,19-20,22-24H,5,9-10,13-18H2,1-4H3. The molecule has 0 heteroatoms. The van der Waals surface area contributed by atoms with Crippen molar-refractivity contribution in [2.24, 2.45) is 35.0 Å². The Morgan fingerprint density at radius 3 is 2.24 bits per heavy atom. The Morgan fingerprint density at radius 2 is 1.60 bits per heavy atom. The summed E-state index contributed by atoms with van der Waals surface area (Å²) in [4.78, 5) is 0. The number of benzene rings is 1. The van der Waals surface area contributed by atoms with E-state index in [9.17, 15) is 0 Å². The third-order valence-electron chi connectivity index (χ3n) is 8.26. The lowest BCUT2D eigenvalue weighted by molar-refractivity contribution is -0.0306. The number of hydrogen-bond donors (Lipinski definition) is 0. The first-order chi connectivity index (χ1) is 12.1. The maximum absolute atomic E-state index is 2.55. The average Bonchev–Trinajstić information content (AvgIpc) is 2.65. The molecule has 2 aliphatic carbocycles. The van der Waals surface area contributed by atoms with Crippen molar-refractivity contribution in [3.05, 3.63) is 35.9 Å². The minimum atomic E-state index is 0.471. The molecule has 5 unspecified atom stereocenters. The fourth-order valence-corrected chi connectivity index (χ4v) is 6.66. The van der Waals surface area contributed by atoms with Crippen molar-refractivity contribution >= 4 is 0 Å². The van der Waals surface area contributed by atoms with Crippen LogP contribution in [0.2, 0.25) is 0 Å². The first-order valence-corrected chi connectivity index (χ1v) is 11.1. The van der Waals surface area contributed by atoms with E-state index in [1.165, 1.54) is 57.8 Å². The van der Waals surface area contributed by atoms with E-state index in [1.54, 1.807) is 5.56 Å². The van der Waals surface area contributed by atoms with Gasteiger partial charge in [0.15, 0.2) is 0 Å². The molecule has 2 fully saturated rings. The Bertz CT molecular complexity index is 516. The molecule has 0 bridgehead atoms. The minimum Gasteiger partial charge on any atom is -0.0651 e. The molecule has 2 saturated carbocycles. The zero-order chi connectivity index (χ0) is 17.9. The lowest BCUT2D eigenvalue weighted by Crippen LogP contribution is -2.46. The SMILES string of the molecule is CCC(C)C(Cc1ccccc1)(C(C)C)C1CCC2CCCCC2C1. The molecule has 0 heterocycles. The molecule has 2 aliphatic rings. The molecule has 0 spiro atoms. The lowest BCUT2D eigenvalue weighted by Gasteiger charge is -2.53. The predicted molar refractivity (Wildman–Crippen MR) is 110 cm³/mol. The monoisotopic (exact) mass is 340 g/mol. The van der Waals surface area contributed by atoms with Gasteiger partial charge in [-0.1, -0.05) is 90.1 Å². The highest BCUT2D eigenvalue weighted by Crippen LogP contribution is 2.55. The highest BCUT2D eigenvalue weighted by Gasteiger charge is 2.48. The summed E-state index contributed by atoms with van der Waals surface area (Å²) < 4.78 is 0. The highest BCUT2D eigenvalue weighted by molar-refractivity contribution is 5.18. The summed E-state index contributed by atoms with van der Waals surface area (Å²) in [6.07, 6.45) is 13.1. The van der Waals surface area contributed by atoms with Gasteiger partial charge in [-0.3, -0.25) is 0 Å². The van der Waals surface area contributed by atoms with Crippen LogP contribution >= 0.6 is 0 Å². The van der Waals surface area contributed by atoms with Crippen molar-refractivity contribution in [3.8, 4) is 0 Å². The van der Waals surface area contributed by atoms with Crippen molar-refractivity contribution in [1.29, 1.82) is 0 Å². The third-order valence-corrected chi connectivity index (χ3v) is 8.26. The zero-order valence-electron chi connectivity index (χ0n) is 17.1. The fourth-order valence-electron chi connectivity index (χ4n) is 6.66. The molecule has 0 aliphatic heterocycles. The molecule has 140 valence electrons. The van der Waals surface area contributed by atoms with Crippen LogP contribution in [0.1, 0.15) is 84.6 Å². The summed E-state index contributed by atoms with van der Waals surface area (Å²) in [7, 11) is 0. The van der Waals surface area contributed by atoms with Crippen molar-refractivity contribution in [2.75, 3.05) is 0 Å². The van der Waals surface area contributed by atoms with Gasteiger partial charge in [-0.2, -0.15) is 0 Å². The second-order valence-electron chi connectivity index (χ2n) is 9.55. The van der Waals surface area contributed by atoms with Gasteiger partial charge in [-0.05, 0) is 66.3 Å². The van der Waals surface area contributed by atoms with Crippen LogP contribution < -0.4 is 0 Å². The minimum absolute atomic E-state index is 0.471. The van der Waals surface area contributed by atoms with Gasteiger partial charge in [-0.15, -0.1) is 0 Å². The predicted octanol–water partition coefficient (Wildman–Crippen LogP) is 7.52. The molecule has 0 saturated heterocycles. The van der Waals surface area contributed by atoms with Gasteiger partial charge in [0.2, 0.25) is 0 Å². The van der Waals surface area contributed by atoms with E-state index in [-0.39, 0.29) is 0 Å². The van der Waals surface area contributed by atoms with Gasteiger partial charge in [-0.25, -0.2) is 0 Å². The van der Waals surface area contributed by atoms with E-state index in [2.05, 4.69) is 58.0 Å². The molecule has 0 nitrogen and oxygen atoms in total. The first kappa shape index (κ1) is 19.0. The quantitative estimate of drug-likeness (QED) is 0.502. The molecule has 0 amide bonds. The molecule has 5 atom stereocenters. The van der Waals surface area contributed by atoms with E-state index in [0.29, 0.717) is 5.41 Å². The Kier molecular flexibility index (Phi) is 6.29. The van der Waals surface area contributed by atoms with E-state index in [0.717, 1.165) is 29.6 Å². The normalized spacial score (nSPS) is 30.5. The van der Waals surface area contributed by atoms with E-state index in [1.807, 2.05) is 0 Å². The average molecular weight is 341 g/mol. The summed E-state index contributed by atoms with van der Waals surface area (Å²) in [5.74, 6) is 4.57. The Labute approximate surface area is 156 Å². The van der Waals surface area contributed by atoms with Gasteiger partial charge in [0, 0.05) is 0 Å². The summed E-state index contributed by atoms with van der Waals surface area (Å²) in [6.45, 7) is 10.00. The first-order valence-electron chi connectivity index (χ1n) is 11.1.